The maximum atomic E-state index is 13.0. The standard InChI is InChI=1S/C24H25N5OS2/c1-15-16(2)29(13-18-8-7-11-31-18)23(19(15)12-25)27-22(30)14-28(4)17(3)24-26-20-9-5-6-10-21(20)32-24/h5-11,17H,13-14H2,1-4H3,(H,27,30)/t17-/m1/s1. The summed E-state index contributed by atoms with van der Waals surface area (Å²) in [6.07, 6.45) is 0. The molecule has 0 fully saturated rings. The van der Waals surface area contributed by atoms with E-state index in [1.807, 2.05) is 60.0 Å². The number of nitrogens with one attached hydrogen (secondary N) is 1. The number of hydrogen-bond acceptors (Lipinski definition) is 6. The quantitative estimate of drug-likeness (QED) is 0.402. The number of fused-ring (bicyclic) bond motifs is 1. The number of rotatable bonds is 7. The van der Waals surface area contributed by atoms with Gasteiger partial charge in [0.2, 0.25) is 5.91 Å². The molecule has 1 N–H and O–H groups in total. The minimum Gasteiger partial charge on any atom is -0.325 e. The van der Waals surface area contributed by atoms with Gasteiger partial charge in [-0.2, -0.15) is 5.26 Å². The summed E-state index contributed by atoms with van der Waals surface area (Å²) >= 11 is 3.31. The fourth-order valence-electron chi connectivity index (χ4n) is 3.68. The topological polar surface area (TPSA) is 74.0 Å². The average Bonchev–Trinajstić information content (AvgIpc) is 3.49. The summed E-state index contributed by atoms with van der Waals surface area (Å²) in [5.41, 5.74) is 3.39. The molecule has 0 aliphatic heterocycles. The van der Waals surface area contributed by atoms with E-state index in [0.29, 0.717) is 17.9 Å². The number of hydrogen-bond donors (Lipinski definition) is 1. The van der Waals surface area contributed by atoms with Gasteiger partial charge in [-0.3, -0.25) is 9.69 Å². The first-order chi connectivity index (χ1) is 15.4. The molecule has 32 heavy (non-hydrogen) atoms. The van der Waals surface area contributed by atoms with Crippen LogP contribution in [0, 0.1) is 25.2 Å². The molecular weight excluding hydrogens is 438 g/mol. The molecule has 0 saturated heterocycles. The van der Waals surface area contributed by atoms with Crippen LogP contribution in [0.25, 0.3) is 10.2 Å². The van der Waals surface area contributed by atoms with Crippen molar-refractivity contribution in [3.05, 3.63) is 68.5 Å². The van der Waals surface area contributed by atoms with Gasteiger partial charge in [0.1, 0.15) is 16.9 Å². The van der Waals surface area contributed by atoms with E-state index in [4.69, 9.17) is 4.98 Å². The van der Waals surface area contributed by atoms with Crippen molar-refractivity contribution in [2.45, 2.75) is 33.4 Å². The van der Waals surface area contributed by atoms with Crippen LogP contribution in [0.4, 0.5) is 5.82 Å². The lowest BCUT2D eigenvalue weighted by Crippen LogP contribution is -2.33. The van der Waals surface area contributed by atoms with E-state index < -0.39 is 0 Å². The van der Waals surface area contributed by atoms with Gasteiger partial charge in [0, 0.05) is 10.6 Å². The van der Waals surface area contributed by atoms with Gasteiger partial charge in [0.15, 0.2) is 0 Å². The third kappa shape index (κ3) is 4.32. The maximum Gasteiger partial charge on any atom is 0.239 e. The maximum absolute atomic E-state index is 13.0. The third-order valence-corrected chi connectivity index (χ3v) is 7.88. The van der Waals surface area contributed by atoms with E-state index in [1.165, 1.54) is 4.88 Å². The van der Waals surface area contributed by atoms with Crippen LogP contribution in [-0.4, -0.2) is 34.0 Å². The van der Waals surface area contributed by atoms with Crippen molar-refractivity contribution < 1.29 is 4.79 Å². The molecule has 1 atom stereocenters. The predicted octanol–water partition coefficient (Wildman–Crippen LogP) is 5.33. The van der Waals surface area contributed by atoms with Gasteiger partial charge in [-0.05, 0) is 57.0 Å². The highest BCUT2D eigenvalue weighted by Crippen LogP contribution is 2.30. The molecule has 0 radical (unpaired) electrons. The van der Waals surface area contributed by atoms with E-state index >= 15 is 0 Å². The highest BCUT2D eigenvalue weighted by Gasteiger charge is 2.23. The number of benzene rings is 1. The number of nitrogens with zero attached hydrogens (tertiary/aromatic N) is 4. The van der Waals surface area contributed by atoms with Crippen LogP contribution in [0.2, 0.25) is 0 Å². The smallest absolute Gasteiger partial charge is 0.239 e. The highest BCUT2D eigenvalue weighted by molar-refractivity contribution is 7.18. The van der Waals surface area contributed by atoms with Crippen molar-refractivity contribution in [1.82, 2.24) is 14.5 Å². The van der Waals surface area contributed by atoms with Gasteiger partial charge in [0.05, 0.1) is 34.9 Å². The molecule has 6 nitrogen and oxygen atoms in total. The van der Waals surface area contributed by atoms with E-state index in [-0.39, 0.29) is 18.5 Å². The Hall–Kier alpha value is -2.99. The lowest BCUT2D eigenvalue weighted by atomic mass is 10.2. The van der Waals surface area contributed by atoms with Gasteiger partial charge >= 0.3 is 0 Å². The summed E-state index contributed by atoms with van der Waals surface area (Å²) in [4.78, 5) is 20.9. The number of thiazole rings is 1. The van der Waals surface area contributed by atoms with Gasteiger partial charge in [-0.25, -0.2) is 4.98 Å². The molecule has 4 rings (SSSR count). The number of carbonyl (C=O) groups excluding carboxylic acids is 1. The summed E-state index contributed by atoms with van der Waals surface area (Å²) in [6.45, 7) is 6.79. The Labute approximate surface area is 195 Å². The number of thiophene rings is 1. The number of aromatic nitrogens is 2. The molecule has 1 amide bonds. The number of likely N-dealkylation sites (N-methyl/N-ethyl adjacent to an activating group) is 1. The first-order valence-electron chi connectivity index (χ1n) is 10.4. The Kier molecular flexibility index (Phi) is 6.42. The minimum absolute atomic E-state index is 0.00466. The minimum atomic E-state index is -0.151. The molecule has 3 heterocycles. The number of nitriles is 1. The molecule has 0 unspecified atom stereocenters. The molecular formula is C24H25N5OS2. The largest absolute Gasteiger partial charge is 0.325 e. The van der Waals surface area contributed by atoms with Gasteiger partial charge in [-0.15, -0.1) is 22.7 Å². The number of amides is 1. The first kappa shape index (κ1) is 22.2. The Balaban J connectivity index is 1.52. The Morgan fingerprint density at radius 1 is 1.28 bits per heavy atom. The summed E-state index contributed by atoms with van der Waals surface area (Å²) in [5, 5.41) is 15.8. The van der Waals surface area contributed by atoms with Gasteiger partial charge < -0.3 is 9.88 Å². The Morgan fingerprint density at radius 3 is 2.75 bits per heavy atom. The zero-order valence-corrected chi connectivity index (χ0v) is 20.2. The molecule has 8 heteroatoms. The van der Waals surface area contributed by atoms with Crippen LogP contribution in [0.1, 0.15) is 39.7 Å². The molecule has 0 aliphatic rings. The van der Waals surface area contributed by atoms with Crippen molar-refractivity contribution in [1.29, 1.82) is 5.26 Å². The monoisotopic (exact) mass is 463 g/mol. The van der Waals surface area contributed by atoms with Crippen molar-refractivity contribution in [3.8, 4) is 6.07 Å². The molecule has 164 valence electrons. The summed E-state index contributed by atoms with van der Waals surface area (Å²) in [5.74, 6) is 0.420. The number of carbonyl (C=O) groups is 1. The molecule has 0 spiro atoms. The van der Waals surface area contributed by atoms with Crippen molar-refractivity contribution in [2.24, 2.45) is 0 Å². The molecule has 3 aromatic heterocycles. The summed E-state index contributed by atoms with van der Waals surface area (Å²) in [7, 11) is 1.92. The zero-order chi connectivity index (χ0) is 22.8. The van der Waals surface area contributed by atoms with Crippen molar-refractivity contribution >= 4 is 44.6 Å². The third-order valence-electron chi connectivity index (χ3n) is 5.81. The van der Waals surface area contributed by atoms with Crippen LogP contribution in [0.5, 0.6) is 0 Å². The van der Waals surface area contributed by atoms with E-state index in [0.717, 1.165) is 26.5 Å². The van der Waals surface area contributed by atoms with Crippen LogP contribution in [0.3, 0.4) is 0 Å². The van der Waals surface area contributed by atoms with E-state index in [1.54, 1.807) is 22.7 Å². The van der Waals surface area contributed by atoms with E-state index in [9.17, 15) is 10.1 Å². The molecule has 0 saturated carbocycles. The number of anilines is 1. The van der Waals surface area contributed by atoms with Gasteiger partial charge in [0.25, 0.3) is 0 Å². The Bertz CT molecular complexity index is 1260. The first-order valence-corrected chi connectivity index (χ1v) is 12.1. The fraction of sp³-hybridized carbons (Fsp3) is 0.292. The van der Waals surface area contributed by atoms with Crippen LogP contribution < -0.4 is 5.32 Å². The van der Waals surface area contributed by atoms with Crippen molar-refractivity contribution in [2.75, 3.05) is 18.9 Å². The normalized spacial score (nSPS) is 12.2. The summed E-state index contributed by atoms with van der Waals surface area (Å²) < 4.78 is 3.16. The lowest BCUT2D eigenvalue weighted by Gasteiger charge is -2.22. The van der Waals surface area contributed by atoms with E-state index in [2.05, 4.69) is 30.4 Å². The van der Waals surface area contributed by atoms with Gasteiger partial charge in [-0.1, -0.05) is 18.2 Å². The second-order valence-corrected chi connectivity index (χ2v) is 9.96. The second kappa shape index (κ2) is 9.25. The number of para-hydroxylation sites is 1. The van der Waals surface area contributed by atoms with Crippen LogP contribution >= 0.6 is 22.7 Å². The summed E-state index contributed by atoms with van der Waals surface area (Å²) in [6, 6.07) is 14.4. The molecule has 0 bridgehead atoms. The second-order valence-electron chi connectivity index (χ2n) is 7.87. The average molecular weight is 464 g/mol. The van der Waals surface area contributed by atoms with Crippen LogP contribution in [-0.2, 0) is 11.3 Å². The zero-order valence-electron chi connectivity index (χ0n) is 18.5. The van der Waals surface area contributed by atoms with Crippen molar-refractivity contribution in [3.63, 3.8) is 0 Å². The SMILES string of the molecule is Cc1c(C#N)c(NC(=O)CN(C)[C@H](C)c2nc3ccccc3s2)n(Cc2cccs2)c1C. The molecule has 4 aromatic rings. The predicted molar refractivity (Wildman–Crippen MR) is 131 cm³/mol. The highest BCUT2D eigenvalue weighted by atomic mass is 32.1. The molecule has 1 aromatic carbocycles. The lowest BCUT2D eigenvalue weighted by molar-refractivity contribution is -0.117. The Morgan fingerprint density at radius 2 is 2.06 bits per heavy atom. The fourth-order valence-corrected chi connectivity index (χ4v) is 5.46. The molecule has 0 aliphatic carbocycles. The van der Waals surface area contributed by atoms with Crippen LogP contribution in [0.15, 0.2) is 41.8 Å².